The number of ether oxygens (including phenoxy) is 1. The molecule has 0 spiro atoms. The zero-order chi connectivity index (χ0) is 20.5. The molecular weight excluding hydrogens is 352 g/mol. The first kappa shape index (κ1) is 19.4. The van der Waals surface area contributed by atoms with Crippen molar-refractivity contribution in [2.75, 3.05) is 0 Å². The molecule has 1 saturated carbocycles. The third-order valence-corrected chi connectivity index (χ3v) is 6.52. The van der Waals surface area contributed by atoms with Gasteiger partial charge in [0.2, 0.25) is 0 Å². The highest BCUT2D eigenvalue weighted by molar-refractivity contribution is 6.01. The van der Waals surface area contributed by atoms with Crippen LogP contribution in [0.3, 0.4) is 0 Å². The van der Waals surface area contributed by atoms with Gasteiger partial charge in [-0.05, 0) is 30.2 Å². The summed E-state index contributed by atoms with van der Waals surface area (Å²) in [7, 11) is 0. The Morgan fingerprint density at radius 3 is 2.32 bits per heavy atom. The fraction of sp³-hybridized carbons (Fsp3) is 0.583. The lowest BCUT2D eigenvalue weighted by Gasteiger charge is -2.49. The molecular formula is C24H30O4. The van der Waals surface area contributed by atoms with Gasteiger partial charge in [-0.3, -0.25) is 9.59 Å². The molecule has 150 valence electrons. The number of benzene rings is 1. The molecule has 3 unspecified atom stereocenters. The second-order valence-electron chi connectivity index (χ2n) is 10.7. The lowest BCUT2D eigenvalue weighted by molar-refractivity contribution is -0.146. The maximum atomic E-state index is 13.3. The molecule has 0 saturated heterocycles. The van der Waals surface area contributed by atoms with Crippen molar-refractivity contribution >= 4 is 11.6 Å². The van der Waals surface area contributed by atoms with E-state index in [0.29, 0.717) is 42.8 Å². The van der Waals surface area contributed by atoms with Crippen LogP contribution in [0.25, 0.3) is 0 Å². The lowest BCUT2D eigenvalue weighted by Crippen LogP contribution is -2.53. The molecule has 1 fully saturated rings. The molecule has 28 heavy (non-hydrogen) atoms. The van der Waals surface area contributed by atoms with Gasteiger partial charge in [-0.1, -0.05) is 45.9 Å². The van der Waals surface area contributed by atoms with E-state index in [1.54, 1.807) is 6.92 Å². The summed E-state index contributed by atoms with van der Waals surface area (Å²) in [6.07, 6.45) is 2.03. The Hall–Kier alpha value is -1.94. The quantitative estimate of drug-likeness (QED) is 0.773. The number of hydrogen-bond acceptors (Lipinski definition) is 4. The minimum atomic E-state index is -1.18. The summed E-state index contributed by atoms with van der Waals surface area (Å²) in [6.45, 7) is 9.93. The Balaban J connectivity index is 1.89. The molecule has 2 aliphatic carbocycles. The Labute approximate surface area is 167 Å². The van der Waals surface area contributed by atoms with Crippen LogP contribution in [0.1, 0.15) is 71.8 Å². The number of rotatable bonds is 1. The highest BCUT2D eigenvalue weighted by Crippen LogP contribution is 2.55. The molecule has 0 bridgehead atoms. The number of fused-ring (bicyclic) bond motifs is 1. The van der Waals surface area contributed by atoms with Crippen molar-refractivity contribution in [3.05, 3.63) is 41.2 Å². The van der Waals surface area contributed by atoms with Gasteiger partial charge in [-0.2, -0.15) is 0 Å². The smallest absolute Gasteiger partial charge is 0.163 e. The summed E-state index contributed by atoms with van der Waals surface area (Å²) in [5.74, 6) is 0.373. The van der Waals surface area contributed by atoms with Crippen molar-refractivity contribution in [3.63, 3.8) is 0 Å². The highest BCUT2D eigenvalue weighted by atomic mass is 16.5. The van der Waals surface area contributed by atoms with Crippen LogP contribution in [-0.4, -0.2) is 22.3 Å². The number of allylic oxidation sites excluding steroid dienone is 2. The van der Waals surface area contributed by atoms with Crippen LogP contribution in [-0.2, 0) is 9.59 Å². The van der Waals surface area contributed by atoms with Gasteiger partial charge in [0.25, 0.3) is 0 Å². The van der Waals surface area contributed by atoms with E-state index < -0.39 is 17.4 Å². The fourth-order valence-electron chi connectivity index (χ4n) is 5.80. The van der Waals surface area contributed by atoms with Gasteiger partial charge in [-0.15, -0.1) is 0 Å². The average Bonchev–Trinajstić information content (AvgIpc) is 2.49. The first-order chi connectivity index (χ1) is 12.9. The Morgan fingerprint density at radius 1 is 0.964 bits per heavy atom. The number of para-hydroxylation sites is 1. The van der Waals surface area contributed by atoms with Crippen LogP contribution in [0.2, 0.25) is 0 Å². The Kier molecular flexibility index (Phi) is 4.17. The van der Waals surface area contributed by atoms with Gasteiger partial charge in [-0.25, -0.2) is 0 Å². The molecule has 3 atom stereocenters. The zero-order valence-electron chi connectivity index (χ0n) is 17.5. The maximum absolute atomic E-state index is 13.3. The maximum Gasteiger partial charge on any atom is 0.163 e. The minimum Gasteiger partial charge on any atom is -0.461 e. The van der Waals surface area contributed by atoms with Crippen LogP contribution in [0.15, 0.2) is 35.6 Å². The summed E-state index contributed by atoms with van der Waals surface area (Å²) in [4.78, 5) is 26.5. The Bertz CT molecular complexity index is 888. The number of hydrogen-bond donors (Lipinski definition) is 1. The third kappa shape index (κ3) is 3.12. The van der Waals surface area contributed by atoms with Gasteiger partial charge >= 0.3 is 0 Å². The first-order valence-electron chi connectivity index (χ1n) is 10.2. The summed E-state index contributed by atoms with van der Waals surface area (Å²) in [5, 5.41) is 11.4. The van der Waals surface area contributed by atoms with E-state index in [1.165, 1.54) is 0 Å². The van der Waals surface area contributed by atoms with Gasteiger partial charge in [0.05, 0.1) is 11.5 Å². The van der Waals surface area contributed by atoms with Crippen LogP contribution in [0, 0.1) is 16.7 Å². The van der Waals surface area contributed by atoms with E-state index in [0.717, 1.165) is 5.56 Å². The van der Waals surface area contributed by atoms with E-state index in [1.807, 2.05) is 38.1 Å². The third-order valence-electron chi connectivity index (χ3n) is 6.52. The number of aliphatic hydroxyl groups is 1. The summed E-state index contributed by atoms with van der Waals surface area (Å²) in [6, 6.07) is 7.63. The number of carbonyl (C=O) groups is 2. The van der Waals surface area contributed by atoms with Crippen LogP contribution < -0.4 is 4.74 Å². The largest absolute Gasteiger partial charge is 0.461 e. The first-order valence-corrected chi connectivity index (χ1v) is 10.2. The average molecular weight is 383 g/mol. The summed E-state index contributed by atoms with van der Waals surface area (Å²) in [5.41, 5.74) is -0.158. The van der Waals surface area contributed by atoms with Crippen molar-refractivity contribution in [2.24, 2.45) is 16.7 Å². The van der Waals surface area contributed by atoms with Crippen molar-refractivity contribution < 1.29 is 19.4 Å². The van der Waals surface area contributed by atoms with E-state index in [4.69, 9.17) is 4.74 Å². The second kappa shape index (κ2) is 6.03. The van der Waals surface area contributed by atoms with Crippen molar-refractivity contribution in [3.8, 4) is 5.75 Å². The zero-order valence-corrected chi connectivity index (χ0v) is 17.5. The predicted octanol–water partition coefficient (Wildman–Crippen LogP) is 4.56. The van der Waals surface area contributed by atoms with E-state index in [2.05, 4.69) is 13.8 Å². The molecule has 1 N–H and O–H groups in total. The molecule has 0 radical (unpaired) electrons. The molecule has 0 amide bonds. The summed E-state index contributed by atoms with van der Waals surface area (Å²) >= 11 is 0. The van der Waals surface area contributed by atoms with Gasteiger partial charge in [0, 0.05) is 36.3 Å². The SMILES string of the molecule is CC1(C)CC(=O)C2=C(C1)Oc1ccccc1C2C1C(=O)CC(C)(C)CC1(C)O. The van der Waals surface area contributed by atoms with Crippen LogP contribution in [0.5, 0.6) is 5.75 Å². The number of carbonyl (C=O) groups excluding carboxylic acids is 2. The van der Waals surface area contributed by atoms with Gasteiger partial charge in [0.15, 0.2) is 5.78 Å². The van der Waals surface area contributed by atoms with Crippen molar-refractivity contribution in [1.82, 2.24) is 0 Å². The molecule has 1 aromatic carbocycles. The Morgan fingerprint density at radius 2 is 1.64 bits per heavy atom. The minimum absolute atomic E-state index is 0.0347. The van der Waals surface area contributed by atoms with Crippen LogP contribution >= 0.6 is 0 Å². The summed E-state index contributed by atoms with van der Waals surface area (Å²) < 4.78 is 6.17. The number of Topliss-reactive ketones (excluding diaryl/α,β-unsaturated/α-hetero) is 2. The lowest BCUT2D eigenvalue weighted by atomic mass is 9.57. The van der Waals surface area contributed by atoms with Crippen molar-refractivity contribution in [2.45, 2.75) is 71.8 Å². The molecule has 4 heteroatoms. The molecule has 1 aliphatic heterocycles. The topological polar surface area (TPSA) is 63.6 Å². The predicted molar refractivity (Wildman–Crippen MR) is 107 cm³/mol. The highest BCUT2D eigenvalue weighted by Gasteiger charge is 2.55. The van der Waals surface area contributed by atoms with Crippen LogP contribution in [0.4, 0.5) is 0 Å². The van der Waals surface area contributed by atoms with E-state index in [-0.39, 0.29) is 22.4 Å². The molecule has 4 nitrogen and oxygen atoms in total. The molecule has 0 aromatic heterocycles. The molecule has 3 aliphatic rings. The standard InChI is InChI=1S/C24H30O4/c1-22(2)10-15(25)20-18(12-22)28-17-9-7-6-8-14(17)19(20)21-16(26)11-23(3,4)13-24(21,5)27/h6-9,19,21,27H,10-13H2,1-5H3. The van der Waals surface area contributed by atoms with E-state index >= 15 is 0 Å². The van der Waals surface area contributed by atoms with E-state index in [9.17, 15) is 14.7 Å². The van der Waals surface area contributed by atoms with Gasteiger partial charge in [0.1, 0.15) is 17.3 Å². The van der Waals surface area contributed by atoms with Crippen molar-refractivity contribution in [1.29, 1.82) is 0 Å². The molecule has 1 heterocycles. The van der Waals surface area contributed by atoms with Gasteiger partial charge < -0.3 is 9.84 Å². The fourth-order valence-corrected chi connectivity index (χ4v) is 5.80. The molecule has 1 aromatic rings. The normalized spacial score (nSPS) is 33.8. The monoisotopic (exact) mass is 382 g/mol. The second-order valence-corrected chi connectivity index (χ2v) is 10.7. The number of ketones is 2. The molecule has 4 rings (SSSR count).